The van der Waals surface area contributed by atoms with Gasteiger partial charge in [0.05, 0.1) is 11.7 Å². The van der Waals surface area contributed by atoms with Crippen LogP contribution < -0.4 is 0 Å². The lowest BCUT2D eigenvalue weighted by molar-refractivity contribution is 0.426. The monoisotopic (exact) mass is 375 g/mol. The summed E-state index contributed by atoms with van der Waals surface area (Å²) in [6, 6.07) is 10.9. The first-order valence-corrected chi connectivity index (χ1v) is 8.40. The summed E-state index contributed by atoms with van der Waals surface area (Å²) in [6.45, 7) is 1.83. The molecule has 10 heteroatoms. The van der Waals surface area contributed by atoms with Crippen molar-refractivity contribution in [3.63, 3.8) is 0 Å². The molecular weight excluding hydrogens is 365 g/mol. The largest absolute Gasteiger partial charge is 0.458 e. The minimum atomic E-state index is -0.634. The Labute approximate surface area is 155 Å². The Balaban J connectivity index is 1.66. The molecule has 0 spiro atoms. The molecule has 0 aliphatic heterocycles. The van der Waals surface area contributed by atoms with E-state index in [-0.39, 0.29) is 17.5 Å². The van der Waals surface area contributed by atoms with E-state index < -0.39 is 6.08 Å². The lowest BCUT2D eigenvalue weighted by Crippen LogP contribution is -2.00. The fourth-order valence-corrected chi connectivity index (χ4v) is 3.34. The molecule has 5 aromatic heterocycles. The lowest BCUT2D eigenvalue weighted by Gasteiger charge is -2.06. The minimum Gasteiger partial charge on any atom is -0.458 e. The third kappa shape index (κ3) is 1.91. The maximum atomic E-state index is 14.4. The number of halogens is 1. The normalized spacial score (nSPS) is 11.9. The smallest absolute Gasteiger partial charge is 0.296 e. The number of hydrogen-bond acceptors (Lipinski definition) is 7. The van der Waals surface area contributed by atoms with Gasteiger partial charge < -0.3 is 8.94 Å². The number of aryl methyl sites for hydroxylation is 1. The molecule has 0 radical (unpaired) electrons. The van der Waals surface area contributed by atoms with Crippen molar-refractivity contribution in [3.8, 4) is 23.3 Å². The van der Waals surface area contributed by atoms with Crippen molar-refractivity contribution in [1.29, 1.82) is 0 Å². The standard InChI is InChI=1S/C18H10FN7O2/c1-9-6-7-12(27-9)14-21-17(28-24-14)16-23-22-15-10-4-2-3-5-11(10)25-13(26(15)16)8-20-18(25)19/h2-8H,1H3. The molecule has 0 atom stereocenters. The number of para-hydroxylation sites is 1. The molecule has 1 aromatic carbocycles. The molecule has 0 saturated heterocycles. The van der Waals surface area contributed by atoms with Gasteiger partial charge in [-0.15, -0.1) is 10.2 Å². The van der Waals surface area contributed by atoms with Crippen LogP contribution in [0.15, 0.2) is 51.5 Å². The molecule has 0 amide bonds. The third-order valence-electron chi connectivity index (χ3n) is 4.56. The Morgan fingerprint density at radius 2 is 1.93 bits per heavy atom. The molecule has 6 aromatic rings. The zero-order valence-electron chi connectivity index (χ0n) is 14.4. The molecule has 136 valence electrons. The SMILES string of the molecule is Cc1ccc(-c2noc(-c3nnc4c5ccccc5n5c(F)ncc5n34)n2)o1. The van der Waals surface area contributed by atoms with Crippen molar-refractivity contribution in [2.24, 2.45) is 0 Å². The van der Waals surface area contributed by atoms with Gasteiger partial charge in [0.25, 0.3) is 12.0 Å². The molecule has 0 N–H and O–H groups in total. The van der Waals surface area contributed by atoms with Crippen LogP contribution in [0, 0.1) is 13.0 Å². The van der Waals surface area contributed by atoms with E-state index in [9.17, 15) is 4.39 Å². The van der Waals surface area contributed by atoms with Crippen molar-refractivity contribution < 1.29 is 13.3 Å². The second-order valence-corrected chi connectivity index (χ2v) is 6.25. The lowest BCUT2D eigenvalue weighted by atomic mass is 10.2. The van der Waals surface area contributed by atoms with Gasteiger partial charge in [0.1, 0.15) is 11.4 Å². The van der Waals surface area contributed by atoms with Crippen LogP contribution in [0.1, 0.15) is 5.76 Å². The van der Waals surface area contributed by atoms with Gasteiger partial charge in [-0.1, -0.05) is 17.3 Å². The summed E-state index contributed by atoms with van der Waals surface area (Å²) in [5.41, 5.74) is 1.61. The zero-order chi connectivity index (χ0) is 18.8. The second kappa shape index (κ2) is 5.22. The molecule has 0 fully saturated rings. The molecule has 9 nitrogen and oxygen atoms in total. The predicted octanol–water partition coefficient (Wildman–Crippen LogP) is 3.29. The van der Waals surface area contributed by atoms with E-state index in [0.29, 0.717) is 28.0 Å². The van der Waals surface area contributed by atoms with E-state index in [2.05, 4.69) is 25.3 Å². The number of imidazole rings is 1. The first-order chi connectivity index (χ1) is 13.7. The molecule has 28 heavy (non-hydrogen) atoms. The van der Waals surface area contributed by atoms with E-state index >= 15 is 0 Å². The van der Waals surface area contributed by atoms with Gasteiger partial charge in [-0.3, -0.25) is 8.80 Å². The van der Waals surface area contributed by atoms with Crippen LogP contribution in [0.25, 0.3) is 45.5 Å². The predicted molar refractivity (Wildman–Crippen MR) is 94.9 cm³/mol. The Bertz CT molecular complexity index is 1510. The highest BCUT2D eigenvalue weighted by molar-refractivity contribution is 5.94. The quantitative estimate of drug-likeness (QED) is 0.458. The van der Waals surface area contributed by atoms with Crippen LogP contribution in [0.5, 0.6) is 0 Å². The first-order valence-electron chi connectivity index (χ1n) is 8.40. The maximum absolute atomic E-state index is 14.4. The molecule has 0 bridgehead atoms. The van der Waals surface area contributed by atoms with E-state index in [1.807, 2.05) is 31.2 Å². The number of nitrogens with zero attached hydrogens (tertiary/aromatic N) is 7. The topological polar surface area (TPSA) is 99.5 Å². The van der Waals surface area contributed by atoms with E-state index in [1.165, 1.54) is 10.6 Å². The molecular formula is C18H10FN7O2. The molecule has 0 aliphatic rings. The molecule has 5 heterocycles. The maximum Gasteiger partial charge on any atom is 0.296 e. The van der Waals surface area contributed by atoms with Gasteiger partial charge in [-0.2, -0.15) is 9.37 Å². The summed E-state index contributed by atoms with van der Waals surface area (Å²) in [6.07, 6.45) is 0.777. The number of fused-ring (bicyclic) bond motifs is 6. The fraction of sp³-hybridized carbons (Fsp3) is 0.0556. The Kier molecular flexibility index (Phi) is 2.80. The Morgan fingerprint density at radius 1 is 1.04 bits per heavy atom. The van der Waals surface area contributed by atoms with Crippen molar-refractivity contribution >= 4 is 22.2 Å². The van der Waals surface area contributed by atoms with Crippen LogP contribution in [0.4, 0.5) is 4.39 Å². The van der Waals surface area contributed by atoms with E-state index in [4.69, 9.17) is 8.94 Å². The van der Waals surface area contributed by atoms with Crippen LogP contribution in [0.2, 0.25) is 0 Å². The number of furan rings is 1. The number of benzene rings is 1. The van der Waals surface area contributed by atoms with E-state index in [0.717, 1.165) is 5.76 Å². The summed E-state index contributed by atoms with van der Waals surface area (Å²) in [7, 11) is 0. The fourth-order valence-electron chi connectivity index (χ4n) is 3.34. The Hall–Kier alpha value is -4.08. The average molecular weight is 375 g/mol. The molecule has 0 unspecified atom stereocenters. The summed E-state index contributed by atoms with van der Waals surface area (Å²) >= 11 is 0. The van der Waals surface area contributed by atoms with Gasteiger partial charge >= 0.3 is 0 Å². The second-order valence-electron chi connectivity index (χ2n) is 6.25. The van der Waals surface area contributed by atoms with Gasteiger partial charge in [0.15, 0.2) is 11.4 Å². The summed E-state index contributed by atoms with van der Waals surface area (Å²) in [4.78, 5) is 8.17. The van der Waals surface area contributed by atoms with E-state index in [1.54, 1.807) is 16.5 Å². The van der Waals surface area contributed by atoms with Crippen LogP contribution in [-0.4, -0.2) is 34.1 Å². The number of aromatic nitrogens is 7. The summed E-state index contributed by atoms with van der Waals surface area (Å²) in [5.74, 6) is 1.92. The Morgan fingerprint density at radius 3 is 2.79 bits per heavy atom. The van der Waals surface area contributed by atoms with Crippen molar-refractivity contribution in [1.82, 2.24) is 34.1 Å². The number of rotatable bonds is 2. The van der Waals surface area contributed by atoms with Gasteiger partial charge in [0, 0.05) is 5.39 Å². The summed E-state index contributed by atoms with van der Waals surface area (Å²) in [5, 5.41) is 13.1. The van der Waals surface area contributed by atoms with Gasteiger partial charge in [-0.05, 0) is 31.2 Å². The minimum absolute atomic E-state index is 0.135. The highest BCUT2D eigenvalue weighted by Gasteiger charge is 2.22. The average Bonchev–Trinajstić information content (AvgIpc) is 3.47. The highest BCUT2D eigenvalue weighted by atomic mass is 19.1. The summed E-state index contributed by atoms with van der Waals surface area (Å²) < 4.78 is 28.3. The zero-order valence-corrected chi connectivity index (χ0v) is 14.4. The third-order valence-corrected chi connectivity index (χ3v) is 4.56. The van der Waals surface area contributed by atoms with Crippen LogP contribution in [0.3, 0.4) is 0 Å². The van der Waals surface area contributed by atoms with Crippen molar-refractivity contribution in [2.45, 2.75) is 6.92 Å². The van der Waals surface area contributed by atoms with Crippen molar-refractivity contribution in [3.05, 3.63) is 54.4 Å². The first kappa shape index (κ1) is 15.0. The molecule has 6 rings (SSSR count). The van der Waals surface area contributed by atoms with Crippen molar-refractivity contribution in [2.75, 3.05) is 0 Å². The van der Waals surface area contributed by atoms with Gasteiger partial charge in [0.2, 0.25) is 11.6 Å². The van der Waals surface area contributed by atoms with Crippen LogP contribution >= 0.6 is 0 Å². The number of hydrogen-bond donors (Lipinski definition) is 0. The highest BCUT2D eigenvalue weighted by Crippen LogP contribution is 2.28. The molecule has 0 aliphatic carbocycles. The van der Waals surface area contributed by atoms with Gasteiger partial charge in [-0.25, -0.2) is 4.98 Å². The van der Waals surface area contributed by atoms with Crippen LogP contribution in [-0.2, 0) is 0 Å². The molecule has 0 saturated carbocycles.